The van der Waals surface area contributed by atoms with E-state index in [1.54, 1.807) is 33.4 Å². The van der Waals surface area contributed by atoms with E-state index in [0.29, 0.717) is 27.9 Å². The van der Waals surface area contributed by atoms with Gasteiger partial charge >= 0.3 is 0 Å². The molecule has 8 heterocycles. The van der Waals surface area contributed by atoms with E-state index >= 15 is 0 Å². The Morgan fingerprint density at radius 3 is 1.92 bits per heavy atom. The second kappa shape index (κ2) is 11.5. The molecule has 250 valence electrons. The lowest BCUT2D eigenvalue weighted by molar-refractivity contribution is -0.185. The number of amides is 1. The van der Waals surface area contributed by atoms with Gasteiger partial charge in [-0.3, -0.25) is 13.9 Å². The van der Waals surface area contributed by atoms with Crippen LogP contribution in [-0.4, -0.2) is 127 Å². The number of carbonyl (C=O) groups excluding carboxylic acids is 1. The normalized spacial score (nSPS) is 31.8. The van der Waals surface area contributed by atoms with Crippen LogP contribution in [-0.2, 0) is 18.9 Å². The number of hydrogen-bond acceptors (Lipinski definition) is 16. The molecule has 4 saturated heterocycles. The zero-order chi connectivity index (χ0) is 33.2. The lowest BCUT2D eigenvalue weighted by atomic mass is 10.0. The van der Waals surface area contributed by atoms with Crippen molar-refractivity contribution in [1.29, 1.82) is 0 Å². The third-order valence-electron chi connectivity index (χ3n) is 9.11. The number of benzene rings is 1. The minimum atomic E-state index is -1.15. The van der Waals surface area contributed by atoms with E-state index in [1.807, 2.05) is 6.07 Å². The average molecular weight is 663 g/mol. The third-order valence-corrected chi connectivity index (χ3v) is 9.11. The van der Waals surface area contributed by atoms with Crippen molar-refractivity contribution < 1.29 is 44.2 Å². The molecule has 9 rings (SSSR count). The molecular weight excluding hydrogens is 632 g/mol. The Hall–Kier alpha value is -4.73. The summed E-state index contributed by atoms with van der Waals surface area (Å²) in [4.78, 5) is 37.3. The van der Waals surface area contributed by atoms with Gasteiger partial charge in [-0.15, -0.1) is 0 Å². The van der Waals surface area contributed by atoms with Gasteiger partial charge in [0.1, 0.15) is 53.8 Å². The highest BCUT2D eigenvalue weighted by Crippen LogP contribution is 2.46. The van der Waals surface area contributed by atoms with Crippen LogP contribution >= 0.6 is 0 Å². The highest BCUT2D eigenvalue weighted by molar-refractivity contribution is 6.06. The van der Waals surface area contributed by atoms with Gasteiger partial charge in [0.05, 0.1) is 39.1 Å². The molecule has 0 spiro atoms. The van der Waals surface area contributed by atoms with Crippen LogP contribution in [0.2, 0.25) is 0 Å². The molecule has 4 aliphatic rings. The van der Waals surface area contributed by atoms with Crippen LogP contribution in [0.1, 0.15) is 22.8 Å². The van der Waals surface area contributed by atoms with Gasteiger partial charge in [-0.1, -0.05) is 18.2 Å². The highest BCUT2D eigenvalue weighted by atomic mass is 16.7. The number of aliphatic hydroxyl groups is 4. The summed E-state index contributed by atoms with van der Waals surface area (Å²) in [6.07, 6.45) is 1.27. The summed E-state index contributed by atoms with van der Waals surface area (Å²) in [5, 5.41) is 42.4. The van der Waals surface area contributed by atoms with Crippen molar-refractivity contribution in [3.63, 3.8) is 0 Å². The van der Waals surface area contributed by atoms with E-state index in [2.05, 4.69) is 35.2 Å². The monoisotopic (exact) mass is 662 g/mol. The fourth-order valence-corrected chi connectivity index (χ4v) is 6.46. The molecule has 1 aromatic carbocycles. The molecular formula is C29H30N10O9. The maximum absolute atomic E-state index is 12.4. The second-order valence-corrected chi connectivity index (χ2v) is 11.9. The first-order valence-electron chi connectivity index (χ1n) is 14.9. The molecule has 4 aliphatic heterocycles. The number of nitrogens with zero attached hydrogens (tertiary/aromatic N) is 8. The Morgan fingerprint density at radius 1 is 0.812 bits per heavy atom. The molecule has 0 aliphatic carbocycles. The van der Waals surface area contributed by atoms with Gasteiger partial charge in [0.2, 0.25) is 0 Å². The van der Waals surface area contributed by atoms with Gasteiger partial charge < -0.3 is 50.4 Å². The predicted molar refractivity (Wildman–Crippen MR) is 161 cm³/mol. The van der Waals surface area contributed by atoms with Crippen molar-refractivity contribution in [1.82, 2.24) is 39.0 Å². The number of nitrogens with one attached hydrogen (secondary N) is 1. The molecule has 19 heteroatoms. The number of aromatic nitrogens is 8. The van der Waals surface area contributed by atoms with Gasteiger partial charge in [0.25, 0.3) is 5.91 Å². The number of nitrogen functional groups attached to an aromatic ring is 1. The molecule has 4 fully saturated rings. The van der Waals surface area contributed by atoms with Crippen LogP contribution in [0.15, 0.2) is 55.6 Å². The SMILES string of the molecule is Nc1ncnc2c1ncn2[C@@H]1O[C@@]2(CO)CO[C@H]1C2O.O=C(Nc1ncnc2c1ncn2[C@@H]1O[C@@]2(CO)CO[C@H]1C2O)c1ccccc1. The first-order valence-corrected chi connectivity index (χ1v) is 14.9. The Bertz CT molecular complexity index is 1990. The number of hydrogen-bond donors (Lipinski definition) is 6. The van der Waals surface area contributed by atoms with Gasteiger partial charge in [-0.25, -0.2) is 29.9 Å². The predicted octanol–water partition coefficient (Wildman–Crippen LogP) is -1.47. The van der Waals surface area contributed by atoms with Crippen LogP contribution in [0.3, 0.4) is 0 Å². The summed E-state index contributed by atoms with van der Waals surface area (Å²) in [5.41, 5.74) is 5.76. The Labute approximate surface area is 269 Å². The largest absolute Gasteiger partial charge is 0.393 e. The zero-order valence-electron chi connectivity index (χ0n) is 25.0. The third kappa shape index (κ3) is 4.55. The van der Waals surface area contributed by atoms with E-state index in [0.717, 1.165) is 0 Å². The first-order chi connectivity index (χ1) is 23.3. The standard InChI is InChI=1S/C18H17N5O5.C11H13N5O4/c24-6-18-7-27-12(13(18)25)17(28-18)23-9-21-11-14(19-8-20-15(11)23)22-16(26)10-4-2-1-3-5-10;12-8-5-9(14-3-13-8)16(4-15-5)10-6-7(18)11(1-17,20-10)2-19-6/h1-5,8-9,12-13,17,24-25H,6-7H2,(H,19,20,22,26);3-4,6-7,10,17-18H,1-2H2,(H2,12,13,14)/t12-,13?,17+,18-;6-,7?,10+,11-/m00/s1. The number of carbonyl (C=O) groups is 1. The smallest absolute Gasteiger partial charge is 0.256 e. The number of fused-ring (bicyclic) bond motifs is 6. The molecule has 48 heavy (non-hydrogen) atoms. The first kappa shape index (κ1) is 30.6. The van der Waals surface area contributed by atoms with E-state index < -0.39 is 48.1 Å². The summed E-state index contributed by atoms with van der Waals surface area (Å²) in [5.74, 6) is 0.221. The van der Waals surface area contributed by atoms with Gasteiger partial charge in [0, 0.05) is 5.56 Å². The maximum Gasteiger partial charge on any atom is 0.256 e. The van der Waals surface area contributed by atoms with Crippen molar-refractivity contribution >= 4 is 39.9 Å². The van der Waals surface area contributed by atoms with Crippen molar-refractivity contribution in [2.75, 3.05) is 37.5 Å². The molecule has 2 unspecified atom stereocenters. The molecule has 19 nitrogen and oxygen atoms in total. The minimum absolute atomic E-state index is 0.117. The number of nitrogens with two attached hydrogens (primary N) is 1. The summed E-state index contributed by atoms with van der Waals surface area (Å²) in [6, 6.07) is 8.76. The molecule has 0 saturated carbocycles. The van der Waals surface area contributed by atoms with Crippen LogP contribution in [0, 0.1) is 0 Å². The lowest BCUT2D eigenvalue weighted by Gasteiger charge is -2.29. The fourth-order valence-electron chi connectivity index (χ4n) is 6.46. The van der Waals surface area contributed by atoms with Crippen LogP contribution < -0.4 is 11.1 Å². The molecule has 8 atom stereocenters. The minimum Gasteiger partial charge on any atom is -0.393 e. The van der Waals surface area contributed by atoms with E-state index in [1.165, 1.54) is 25.3 Å². The van der Waals surface area contributed by atoms with Crippen LogP contribution in [0.5, 0.6) is 0 Å². The Kier molecular flexibility index (Phi) is 7.30. The lowest BCUT2D eigenvalue weighted by Crippen LogP contribution is -2.44. The number of aliphatic hydroxyl groups excluding tert-OH is 4. The molecule has 0 radical (unpaired) electrons. The summed E-state index contributed by atoms with van der Waals surface area (Å²) >= 11 is 0. The van der Waals surface area contributed by atoms with Crippen molar-refractivity contribution in [2.45, 2.75) is 48.1 Å². The van der Waals surface area contributed by atoms with E-state index in [-0.39, 0.29) is 44.0 Å². The average Bonchev–Trinajstić information content (AvgIpc) is 3.97. The fraction of sp³-hybridized carbons (Fsp3) is 0.414. The van der Waals surface area contributed by atoms with Crippen LogP contribution in [0.25, 0.3) is 22.3 Å². The quantitative estimate of drug-likeness (QED) is 0.121. The van der Waals surface area contributed by atoms with Crippen molar-refractivity contribution in [3.8, 4) is 0 Å². The maximum atomic E-state index is 12.4. The molecule has 5 aromatic rings. The van der Waals surface area contributed by atoms with Crippen molar-refractivity contribution in [3.05, 3.63) is 61.2 Å². The molecule has 7 N–H and O–H groups in total. The van der Waals surface area contributed by atoms with Crippen molar-refractivity contribution in [2.24, 2.45) is 0 Å². The van der Waals surface area contributed by atoms with Gasteiger partial charge in [0.15, 0.2) is 40.9 Å². The van der Waals surface area contributed by atoms with Crippen LogP contribution in [0.4, 0.5) is 11.6 Å². The number of rotatable bonds is 6. The zero-order valence-corrected chi connectivity index (χ0v) is 25.0. The van der Waals surface area contributed by atoms with E-state index in [9.17, 15) is 25.2 Å². The van der Waals surface area contributed by atoms with E-state index in [4.69, 9.17) is 24.7 Å². The second-order valence-electron chi connectivity index (χ2n) is 11.9. The summed E-state index contributed by atoms with van der Waals surface area (Å²) in [6.45, 7) is -0.395. The van der Waals surface area contributed by atoms with Gasteiger partial charge in [-0.2, -0.15) is 0 Å². The highest BCUT2D eigenvalue weighted by Gasteiger charge is 2.62. The molecule has 4 bridgehead atoms. The summed E-state index contributed by atoms with van der Waals surface area (Å²) < 4.78 is 26.1. The van der Waals surface area contributed by atoms with Gasteiger partial charge in [-0.05, 0) is 12.1 Å². The molecule has 4 aromatic heterocycles. The Balaban J connectivity index is 0.000000148. The topological polar surface area (TPSA) is 260 Å². The number of ether oxygens (including phenoxy) is 4. The Morgan fingerprint density at radius 2 is 1.35 bits per heavy atom. The number of anilines is 2. The summed E-state index contributed by atoms with van der Waals surface area (Å²) in [7, 11) is 0. The molecule has 1 amide bonds. The number of imidazole rings is 2.